The van der Waals surface area contributed by atoms with Crippen molar-refractivity contribution in [3.05, 3.63) is 44.2 Å². The third kappa shape index (κ3) is 4.01. The van der Waals surface area contributed by atoms with E-state index in [1.54, 1.807) is 6.07 Å². The van der Waals surface area contributed by atoms with E-state index in [1.165, 1.54) is 11.3 Å². The molecule has 0 atom stereocenters. The van der Waals surface area contributed by atoms with E-state index in [9.17, 15) is 13.2 Å². The first kappa shape index (κ1) is 15.4. The molecular weight excluding hydrogens is 332 g/mol. The highest BCUT2D eigenvalue weighted by atomic mass is 35.5. The number of nitrogens with zero attached hydrogens (tertiary/aromatic N) is 1. The Hall–Kier alpha value is -0.980. The maximum absolute atomic E-state index is 12.4. The minimum atomic E-state index is -4.44. The number of hydrogen-bond acceptors (Lipinski definition) is 3. The van der Waals surface area contributed by atoms with Crippen LogP contribution in [0.3, 0.4) is 0 Å². The molecule has 0 saturated heterocycles. The summed E-state index contributed by atoms with van der Waals surface area (Å²) in [6.07, 6.45) is -2.99. The molecule has 2 aromatic heterocycles. The Morgan fingerprint density at radius 3 is 2.55 bits per heavy atom. The van der Waals surface area contributed by atoms with Crippen molar-refractivity contribution in [1.82, 2.24) is 4.98 Å². The highest BCUT2D eigenvalue weighted by Gasteiger charge is 2.31. The molecule has 0 amide bonds. The standard InChI is InChI=1S/C12H9Cl2F3N2S/c13-9-5-7(12(15,16)17)6-19-11(9)18-4-3-8-1-2-10(14)20-8/h1-2,5-6H,3-4H2,(H,18,19). The molecule has 0 spiro atoms. The van der Waals surface area contributed by atoms with Gasteiger partial charge in [-0.15, -0.1) is 11.3 Å². The van der Waals surface area contributed by atoms with Gasteiger partial charge in [0.25, 0.3) is 0 Å². The number of thiophene rings is 1. The number of alkyl halides is 3. The van der Waals surface area contributed by atoms with Crippen molar-refractivity contribution in [3.63, 3.8) is 0 Å². The summed E-state index contributed by atoms with van der Waals surface area (Å²) < 4.78 is 38.0. The molecule has 0 bridgehead atoms. The van der Waals surface area contributed by atoms with Gasteiger partial charge in [0.15, 0.2) is 0 Å². The minimum absolute atomic E-state index is 0.0518. The summed E-state index contributed by atoms with van der Waals surface area (Å²) in [5, 5.41) is 2.85. The van der Waals surface area contributed by atoms with Crippen LogP contribution in [0.15, 0.2) is 24.4 Å². The Bertz CT molecular complexity index is 599. The molecule has 0 saturated carbocycles. The predicted octanol–water partition coefficient (Wildman–Crippen LogP) is 5.12. The average Bonchev–Trinajstić information content (AvgIpc) is 2.76. The summed E-state index contributed by atoms with van der Waals surface area (Å²) >= 11 is 13.0. The van der Waals surface area contributed by atoms with E-state index in [0.717, 1.165) is 17.1 Å². The fourth-order valence-corrected chi connectivity index (χ4v) is 2.83. The second kappa shape index (κ2) is 6.20. The lowest BCUT2D eigenvalue weighted by molar-refractivity contribution is -0.137. The second-order valence-corrected chi connectivity index (χ2v) is 6.14. The van der Waals surface area contributed by atoms with Crippen LogP contribution in [0.5, 0.6) is 0 Å². The quantitative estimate of drug-likeness (QED) is 0.835. The van der Waals surface area contributed by atoms with Gasteiger partial charge in [0.05, 0.1) is 14.9 Å². The van der Waals surface area contributed by atoms with Gasteiger partial charge in [-0.25, -0.2) is 4.98 Å². The Labute approximate surface area is 127 Å². The van der Waals surface area contributed by atoms with Crippen molar-refractivity contribution in [1.29, 1.82) is 0 Å². The summed E-state index contributed by atoms with van der Waals surface area (Å²) in [7, 11) is 0. The Morgan fingerprint density at radius 1 is 1.25 bits per heavy atom. The Morgan fingerprint density at radius 2 is 2.00 bits per heavy atom. The lowest BCUT2D eigenvalue weighted by Crippen LogP contribution is -2.09. The zero-order valence-electron chi connectivity index (χ0n) is 9.97. The van der Waals surface area contributed by atoms with Crippen LogP contribution in [-0.2, 0) is 12.6 Å². The number of nitrogens with one attached hydrogen (secondary N) is 1. The van der Waals surface area contributed by atoms with Crippen molar-refractivity contribution in [3.8, 4) is 0 Å². The van der Waals surface area contributed by atoms with E-state index in [2.05, 4.69) is 10.3 Å². The number of pyridine rings is 1. The molecule has 0 fully saturated rings. The molecule has 20 heavy (non-hydrogen) atoms. The fourth-order valence-electron chi connectivity index (χ4n) is 1.51. The third-order valence-corrected chi connectivity index (χ3v) is 4.04. The zero-order valence-corrected chi connectivity index (χ0v) is 12.3. The SMILES string of the molecule is FC(F)(F)c1cnc(NCCc2ccc(Cl)s2)c(Cl)c1. The topological polar surface area (TPSA) is 24.9 Å². The van der Waals surface area contributed by atoms with E-state index < -0.39 is 11.7 Å². The predicted molar refractivity (Wildman–Crippen MR) is 75.8 cm³/mol. The van der Waals surface area contributed by atoms with Gasteiger partial charge in [0, 0.05) is 17.6 Å². The maximum Gasteiger partial charge on any atom is 0.417 e. The summed E-state index contributed by atoms with van der Waals surface area (Å²) in [6, 6.07) is 4.56. The minimum Gasteiger partial charge on any atom is -0.368 e. The van der Waals surface area contributed by atoms with Gasteiger partial charge in [-0.05, 0) is 24.6 Å². The van der Waals surface area contributed by atoms with Crippen LogP contribution in [0.25, 0.3) is 0 Å². The number of rotatable bonds is 4. The number of hydrogen-bond donors (Lipinski definition) is 1. The van der Waals surface area contributed by atoms with Crippen molar-refractivity contribution < 1.29 is 13.2 Å². The second-order valence-electron chi connectivity index (χ2n) is 3.93. The summed E-state index contributed by atoms with van der Waals surface area (Å²) in [4.78, 5) is 4.77. The van der Waals surface area contributed by atoms with Crippen molar-refractivity contribution in [2.24, 2.45) is 0 Å². The van der Waals surface area contributed by atoms with Gasteiger partial charge >= 0.3 is 6.18 Å². The average molecular weight is 341 g/mol. The van der Waals surface area contributed by atoms with Crippen LogP contribution in [0.2, 0.25) is 9.36 Å². The van der Waals surface area contributed by atoms with Crippen LogP contribution >= 0.6 is 34.5 Å². The summed E-state index contributed by atoms with van der Waals surface area (Å²) in [6.45, 7) is 0.509. The molecule has 1 N–H and O–H groups in total. The van der Waals surface area contributed by atoms with E-state index in [1.807, 2.05) is 6.07 Å². The van der Waals surface area contributed by atoms with Crippen LogP contribution < -0.4 is 5.32 Å². The van der Waals surface area contributed by atoms with E-state index in [4.69, 9.17) is 23.2 Å². The Kier molecular flexibility index (Phi) is 4.78. The van der Waals surface area contributed by atoms with Crippen LogP contribution in [0.1, 0.15) is 10.4 Å². The number of aromatic nitrogens is 1. The number of halogens is 5. The van der Waals surface area contributed by atoms with Gasteiger partial charge in [0.1, 0.15) is 5.82 Å². The highest BCUT2D eigenvalue weighted by molar-refractivity contribution is 7.16. The molecule has 0 aliphatic heterocycles. The molecule has 0 aromatic carbocycles. The van der Waals surface area contributed by atoms with Gasteiger partial charge in [-0.2, -0.15) is 13.2 Å². The van der Waals surface area contributed by atoms with Gasteiger partial charge < -0.3 is 5.32 Å². The molecule has 0 aliphatic rings. The highest BCUT2D eigenvalue weighted by Crippen LogP contribution is 2.32. The van der Waals surface area contributed by atoms with Crippen LogP contribution in [0, 0.1) is 0 Å². The van der Waals surface area contributed by atoms with E-state index in [-0.39, 0.29) is 10.8 Å². The molecular formula is C12H9Cl2F3N2S. The molecule has 8 heteroatoms. The number of anilines is 1. The maximum atomic E-state index is 12.4. The smallest absolute Gasteiger partial charge is 0.368 e. The van der Waals surface area contributed by atoms with E-state index in [0.29, 0.717) is 17.3 Å². The molecule has 2 heterocycles. The molecule has 2 nitrogen and oxygen atoms in total. The molecule has 0 unspecified atom stereocenters. The van der Waals surface area contributed by atoms with Gasteiger partial charge in [-0.1, -0.05) is 23.2 Å². The molecule has 2 aromatic rings. The van der Waals surface area contributed by atoms with Gasteiger partial charge in [0.2, 0.25) is 0 Å². The van der Waals surface area contributed by atoms with Crippen LogP contribution in [0.4, 0.5) is 19.0 Å². The zero-order chi connectivity index (χ0) is 14.8. The molecule has 0 radical (unpaired) electrons. The molecule has 108 valence electrons. The summed E-state index contributed by atoms with van der Waals surface area (Å²) in [5.74, 6) is 0.238. The van der Waals surface area contributed by atoms with E-state index >= 15 is 0 Å². The van der Waals surface area contributed by atoms with Crippen molar-refractivity contribution >= 4 is 40.4 Å². The molecule has 2 rings (SSSR count). The first-order valence-corrected chi connectivity index (χ1v) is 7.14. The third-order valence-electron chi connectivity index (χ3n) is 2.46. The van der Waals surface area contributed by atoms with Crippen LogP contribution in [-0.4, -0.2) is 11.5 Å². The monoisotopic (exact) mass is 340 g/mol. The summed E-state index contributed by atoms with van der Waals surface area (Å²) in [5.41, 5.74) is -0.863. The first-order chi connectivity index (χ1) is 9.36. The lowest BCUT2D eigenvalue weighted by Gasteiger charge is -2.10. The fraction of sp³-hybridized carbons (Fsp3) is 0.250. The van der Waals surface area contributed by atoms with Crippen molar-refractivity contribution in [2.75, 3.05) is 11.9 Å². The first-order valence-electron chi connectivity index (χ1n) is 5.57. The van der Waals surface area contributed by atoms with Crippen molar-refractivity contribution in [2.45, 2.75) is 12.6 Å². The lowest BCUT2D eigenvalue weighted by atomic mass is 10.2. The Balaban J connectivity index is 1.96. The largest absolute Gasteiger partial charge is 0.417 e. The molecule has 0 aliphatic carbocycles. The van der Waals surface area contributed by atoms with Gasteiger partial charge in [-0.3, -0.25) is 0 Å². The normalized spacial score (nSPS) is 11.7.